The number of hydrogen-bond acceptors (Lipinski definition) is 6. The van der Waals surface area contributed by atoms with E-state index in [1.54, 1.807) is 18.2 Å². The molecule has 0 unspecified atom stereocenters. The smallest absolute Gasteiger partial charge is 0.309 e. The SMILES string of the molecule is COC(=O)Cc1ccc(S(=O)(=O)Nc2ncccn2)cc1. The third kappa shape index (κ3) is 3.99. The van der Waals surface area contributed by atoms with E-state index >= 15 is 0 Å². The van der Waals surface area contributed by atoms with Crippen LogP contribution in [0.3, 0.4) is 0 Å². The Morgan fingerprint density at radius 2 is 1.81 bits per heavy atom. The Labute approximate surface area is 122 Å². The van der Waals surface area contributed by atoms with Crippen LogP contribution in [0.25, 0.3) is 0 Å². The lowest BCUT2D eigenvalue weighted by Gasteiger charge is -2.07. The van der Waals surface area contributed by atoms with Gasteiger partial charge in [0.15, 0.2) is 0 Å². The molecule has 0 fully saturated rings. The van der Waals surface area contributed by atoms with Gasteiger partial charge in [0.25, 0.3) is 10.0 Å². The Hall–Kier alpha value is -2.48. The minimum Gasteiger partial charge on any atom is -0.469 e. The number of benzene rings is 1. The van der Waals surface area contributed by atoms with E-state index in [0.717, 1.165) is 0 Å². The molecule has 0 saturated carbocycles. The molecule has 1 heterocycles. The van der Waals surface area contributed by atoms with Gasteiger partial charge >= 0.3 is 5.97 Å². The molecule has 110 valence electrons. The zero-order valence-electron chi connectivity index (χ0n) is 11.2. The van der Waals surface area contributed by atoms with Crippen LogP contribution >= 0.6 is 0 Å². The van der Waals surface area contributed by atoms with Gasteiger partial charge < -0.3 is 4.74 Å². The van der Waals surface area contributed by atoms with Gasteiger partial charge in [0.2, 0.25) is 5.95 Å². The summed E-state index contributed by atoms with van der Waals surface area (Å²) in [6, 6.07) is 7.50. The van der Waals surface area contributed by atoms with Crippen molar-refractivity contribution in [1.82, 2.24) is 9.97 Å². The first-order valence-electron chi connectivity index (χ1n) is 5.97. The second-order valence-electron chi connectivity index (χ2n) is 4.07. The molecule has 0 aliphatic carbocycles. The number of rotatable bonds is 5. The van der Waals surface area contributed by atoms with Gasteiger partial charge in [0, 0.05) is 12.4 Å². The number of aromatic nitrogens is 2. The third-order valence-electron chi connectivity index (χ3n) is 2.60. The van der Waals surface area contributed by atoms with E-state index in [4.69, 9.17) is 0 Å². The van der Waals surface area contributed by atoms with Gasteiger partial charge in [-0.05, 0) is 23.8 Å². The third-order valence-corrected chi connectivity index (χ3v) is 3.95. The first kappa shape index (κ1) is 14.9. The molecule has 1 N–H and O–H groups in total. The monoisotopic (exact) mass is 307 g/mol. The molecular formula is C13H13N3O4S. The van der Waals surface area contributed by atoms with Gasteiger partial charge in [0.1, 0.15) is 0 Å². The standard InChI is InChI=1S/C13H13N3O4S/c1-20-12(17)9-10-3-5-11(6-4-10)21(18,19)16-13-14-7-2-8-15-13/h2-8H,9H2,1H3,(H,14,15,16). The first-order chi connectivity index (χ1) is 10.0. The zero-order chi connectivity index (χ0) is 15.3. The van der Waals surface area contributed by atoms with Crippen LogP contribution in [0.1, 0.15) is 5.56 Å². The largest absolute Gasteiger partial charge is 0.469 e. The van der Waals surface area contributed by atoms with Crippen molar-refractivity contribution in [2.75, 3.05) is 11.8 Å². The second-order valence-corrected chi connectivity index (χ2v) is 5.76. The molecule has 0 spiro atoms. The number of carbonyl (C=O) groups is 1. The van der Waals surface area contributed by atoms with Crippen LogP contribution in [0.15, 0.2) is 47.6 Å². The van der Waals surface area contributed by atoms with E-state index in [1.807, 2.05) is 0 Å². The van der Waals surface area contributed by atoms with Gasteiger partial charge in [-0.15, -0.1) is 0 Å². The molecule has 0 bridgehead atoms. The Morgan fingerprint density at radius 1 is 1.19 bits per heavy atom. The van der Waals surface area contributed by atoms with E-state index < -0.39 is 10.0 Å². The van der Waals surface area contributed by atoms with Crippen molar-refractivity contribution in [1.29, 1.82) is 0 Å². The number of anilines is 1. The number of esters is 1. The average Bonchev–Trinajstić information content (AvgIpc) is 2.48. The van der Waals surface area contributed by atoms with E-state index in [0.29, 0.717) is 5.56 Å². The zero-order valence-corrected chi connectivity index (χ0v) is 12.0. The van der Waals surface area contributed by atoms with Crippen molar-refractivity contribution in [2.24, 2.45) is 0 Å². The van der Waals surface area contributed by atoms with Crippen molar-refractivity contribution in [3.8, 4) is 0 Å². The van der Waals surface area contributed by atoms with Crippen LogP contribution in [-0.2, 0) is 26.0 Å². The molecule has 0 amide bonds. The molecule has 1 aromatic heterocycles. The number of hydrogen-bond donors (Lipinski definition) is 1. The Morgan fingerprint density at radius 3 is 2.38 bits per heavy atom. The summed E-state index contributed by atoms with van der Waals surface area (Å²) in [6.07, 6.45) is 2.96. The molecule has 7 nitrogen and oxygen atoms in total. The van der Waals surface area contributed by atoms with Gasteiger partial charge in [-0.1, -0.05) is 12.1 Å². The predicted octanol–water partition coefficient (Wildman–Crippen LogP) is 0.993. The van der Waals surface area contributed by atoms with Crippen LogP contribution in [0.4, 0.5) is 5.95 Å². The fraction of sp³-hybridized carbons (Fsp3) is 0.154. The first-order valence-corrected chi connectivity index (χ1v) is 7.45. The Balaban J connectivity index is 2.15. The molecule has 21 heavy (non-hydrogen) atoms. The topological polar surface area (TPSA) is 98.2 Å². The highest BCUT2D eigenvalue weighted by Crippen LogP contribution is 2.14. The summed E-state index contributed by atoms with van der Waals surface area (Å²) >= 11 is 0. The summed E-state index contributed by atoms with van der Waals surface area (Å²) in [5.74, 6) is -0.391. The molecule has 1 aromatic carbocycles. The van der Waals surface area contributed by atoms with E-state index in [-0.39, 0.29) is 23.2 Å². The van der Waals surface area contributed by atoms with Crippen LogP contribution in [0.5, 0.6) is 0 Å². The van der Waals surface area contributed by atoms with Crippen LogP contribution in [0.2, 0.25) is 0 Å². The molecule has 8 heteroatoms. The lowest BCUT2D eigenvalue weighted by molar-refractivity contribution is -0.139. The van der Waals surface area contributed by atoms with Crippen molar-refractivity contribution in [2.45, 2.75) is 11.3 Å². The van der Waals surface area contributed by atoms with E-state index in [1.165, 1.54) is 31.6 Å². The van der Waals surface area contributed by atoms with Gasteiger partial charge in [-0.25, -0.2) is 23.1 Å². The van der Waals surface area contributed by atoms with Crippen LogP contribution in [0, 0.1) is 0 Å². The van der Waals surface area contributed by atoms with E-state index in [2.05, 4.69) is 19.4 Å². The fourth-order valence-corrected chi connectivity index (χ4v) is 2.51. The predicted molar refractivity (Wildman–Crippen MR) is 75.0 cm³/mol. The lowest BCUT2D eigenvalue weighted by atomic mass is 10.2. The minimum absolute atomic E-state index is 0.00358. The van der Waals surface area contributed by atoms with Crippen molar-refractivity contribution < 1.29 is 17.9 Å². The quantitative estimate of drug-likeness (QED) is 0.827. The summed E-state index contributed by atoms with van der Waals surface area (Å²) in [7, 11) is -2.46. The van der Waals surface area contributed by atoms with E-state index in [9.17, 15) is 13.2 Å². The van der Waals surface area contributed by atoms with Gasteiger partial charge in [-0.3, -0.25) is 4.79 Å². The Bertz CT molecular complexity index is 715. The van der Waals surface area contributed by atoms with Crippen LogP contribution < -0.4 is 4.72 Å². The summed E-state index contributed by atoms with van der Waals surface area (Å²) in [6.45, 7) is 0. The van der Waals surface area contributed by atoms with Crippen molar-refractivity contribution >= 4 is 21.9 Å². The maximum Gasteiger partial charge on any atom is 0.309 e. The number of methoxy groups -OCH3 is 1. The lowest BCUT2D eigenvalue weighted by Crippen LogP contribution is -2.15. The fourth-order valence-electron chi connectivity index (χ4n) is 1.56. The highest BCUT2D eigenvalue weighted by atomic mass is 32.2. The summed E-state index contributed by atoms with van der Waals surface area (Å²) in [5.41, 5.74) is 0.664. The molecular weight excluding hydrogens is 294 g/mol. The minimum atomic E-state index is -3.76. The number of nitrogens with one attached hydrogen (secondary N) is 1. The second kappa shape index (κ2) is 6.31. The normalized spacial score (nSPS) is 10.9. The van der Waals surface area contributed by atoms with Crippen molar-refractivity contribution in [3.63, 3.8) is 0 Å². The van der Waals surface area contributed by atoms with Crippen LogP contribution in [-0.4, -0.2) is 31.5 Å². The maximum absolute atomic E-state index is 12.1. The summed E-state index contributed by atoms with van der Waals surface area (Å²) in [5, 5.41) is 0. The molecule has 0 atom stereocenters. The summed E-state index contributed by atoms with van der Waals surface area (Å²) < 4.78 is 31.0. The van der Waals surface area contributed by atoms with Crippen molar-refractivity contribution in [3.05, 3.63) is 48.3 Å². The molecule has 0 aliphatic heterocycles. The highest BCUT2D eigenvalue weighted by Gasteiger charge is 2.15. The number of carbonyl (C=O) groups excluding carboxylic acids is 1. The number of ether oxygens (including phenoxy) is 1. The number of sulfonamides is 1. The summed E-state index contributed by atoms with van der Waals surface area (Å²) in [4.78, 5) is 18.8. The molecule has 2 rings (SSSR count). The van der Waals surface area contributed by atoms with Gasteiger partial charge in [-0.2, -0.15) is 0 Å². The molecule has 0 saturated heterocycles. The molecule has 2 aromatic rings. The van der Waals surface area contributed by atoms with Gasteiger partial charge in [0.05, 0.1) is 18.4 Å². The molecule has 0 radical (unpaired) electrons. The number of nitrogens with zero attached hydrogens (tertiary/aromatic N) is 2. The maximum atomic E-state index is 12.1. The molecule has 0 aliphatic rings. The average molecular weight is 307 g/mol. The Kier molecular flexibility index (Phi) is 4.49. The highest BCUT2D eigenvalue weighted by molar-refractivity contribution is 7.92.